The fourth-order valence-corrected chi connectivity index (χ4v) is 2.99. The number of benzene rings is 1. The molecule has 22 heavy (non-hydrogen) atoms. The molecule has 0 aliphatic heterocycles. The summed E-state index contributed by atoms with van der Waals surface area (Å²) >= 11 is 0. The van der Waals surface area contributed by atoms with Gasteiger partial charge in [0.2, 0.25) is 15.9 Å². The molecule has 0 aliphatic carbocycles. The van der Waals surface area contributed by atoms with Gasteiger partial charge in [-0.1, -0.05) is 18.2 Å². The molecule has 1 heterocycles. The van der Waals surface area contributed by atoms with Gasteiger partial charge in [0.05, 0.1) is 11.4 Å². The second-order valence-electron chi connectivity index (χ2n) is 4.84. The van der Waals surface area contributed by atoms with Crippen LogP contribution in [0.5, 0.6) is 0 Å². The highest BCUT2D eigenvalue weighted by Crippen LogP contribution is 2.13. The van der Waals surface area contributed by atoms with E-state index in [0.29, 0.717) is 5.82 Å². The van der Waals surface area contributed by atoms with Crippen LogP contribution in [-0.2, 0) is 14.8 Å². The number of pyridine rings is 1. The summed E-state index contributed by atoms with van der Waals surface area (Å²) in [6, 6.07) is 11.5. The Kier molecular flexibility index (Phi) is 4.89. The first-order chi connectivity index (χ1) is 10.4. The Hall–Kier alpha value is -2.25. The molecule has 1 amide bonds. The summed E-state index contributed by atoms with van der Waals surface area (Å²) in [7, 11) is -2.32. The fraction of sp³-hybridized carbons (Fsp3) is 0.200. The quantitative estimate of drug-likeness (QED) is 0.909. The molecule has 0 unspecified atom stereocenters. The minimum Gasteiger partial charge on any atom is -0.310 e. The van der Waals surface area contributed by atoms with Crippen LogP contribution >= 0.6 is 0 Å². The van der Waals surface area contributed by atoms with Crippen LogP contribution in [0.3, 0.4) is 0 Å². The van der Waals surface area contributed by atoms with Gasteiger partial charge in [-0.2, -0.15) is 4.31 Å². The number of carbonyl (C=O) groups is 1. The molecule has 0 radical (unpaired) electrons. The van der Waals surface area contributed by atoms with Gasteiger partial charge in [-0.3, -0.25) is 4.79 Å². The summed E-state index contributed by atoms with van der Waals surface area (Å²) in [5, 5.41) is 2.58. The normalized spacial score (nSPS) is 11.4. The van der Waals surface area contributed by atoms with Gasteiger partial charge in [0.25, 0.3) is 0 Å². The van der Waals surface area contributed by atoms with E-state index < -0.39 is 15.9 Å². The van der Waals surface area contributed by atoms with Crippen molar-refractivity contribution in [1.29, 1.82) is 0 Å². The third kappa shape index (κ3) is 3.90. The number of sulfonamides is 1. The number of likely N-dealkylation sites (N-methyl/N-ethyl adjacent to an activating group) is 1. The van der Waals surface area contributed by atoms with Crippen LogP contribution in [0.1, 0.15) is 5.56 Å². The minimum absolute atomic E-state index is 0.152. The molecule has 0 spiro atoms. The molecule has 0 saturated carbocycles. The molecular formula is C15H17N3O3S. The monoisotopic (exact) mass is 319 g/mol. The largest absolute Gasteiger partial charge is 0.310 e. The van der Waals surface area contributed by atoms with Gasteiger partial charge in [0.15, 0.2) is 0 Å². The molecule has 6 nitrogen and oxygen atoms in total. The van der Waals surface area contributed by atoms with Crippen LogP contribution in [0.25, 0.3) is 0 Å². The van der Waals surface area contributed by atoms with Crippen LogP contribution < -0.4 is 5.32 Å². The average Bonchev–Trinajstić information content (AvgIpc) is 2.48. The Morgan fingerprint density at radius 3 is 2.55 bits per heavy atom. The molecule has 1 aromatic carbocycles. The van der Waals surface area contributed by atoms with E-state index >= 15 is 0 Å². The van der Waals surface area contributed by atoms with E-state index in [1.807, 2.05) is 13.0 Å². The smallest absolute Gasteiger partial charge is 0.243 e. The van der Waals surface area contributed by atoms with Gasteiger partial charge in [-0.25, -0.2) is 13.4 Å². The maximum Gasteiger partial charge on any atom is 0.243 e. The Bertz CT molecular complexity index is 761. The van der Waals surface area contributed by atoms with Crippen molar-refractivity contribution >= 4 is 21.7 Å². The Morgan fingerprint density at radius 2 is 1.91 bits per heavy atom. The second-order valence-corrected chi connectivity index (χ2v) is 6.89. The third-order valence-electron chi connectivity index (χ3n) is 3.00. The highest BCUT2D eigenvalue weighted by Gasteiger charge is 2.22. The van der Waals surface area contributed by atoms with E-state index in [1.54, 1.807) is 30.5 Å². The molecule has 0 atom stereocenters. The van der Waals surface area contributed by atoms with Gasteiger partial charge < -0.3 is 5.32 Å². The van der Waals surface area contributed by atoms with Crippen molar-refractivity contribution in [2.24, 2.45) is 0 Å². The van der Waals surface area contributed by atoms with E-state index in [0.717, 1.165) is 9.87 Å². The van der Waals surface area contributed by atoms with Crippen molar-refractivity contribution in [3.8, 4) is 0 Å². The van der Waals surface area contributed by atoms with Crippen molar-refractivity contribution in [3.63, 3.8) is 0 Å². The average molecular weight is 319 g/mol. The Morgan fingerprint density at radius 1 is 1.23 bits per heavy atom. The van der Waals surface area contributed by atoms with E-state index in [9.17, 15) is 13.2 Å². The lowest BCUT2D eigenvalue weighted by molar-refractivity contribution is -0.116. The number of amides is 1. The van der Waals surface area contributed by atoms with E-state index in [2.05, 4.69) is 10.3 Å². The lowest BCUT2D eigenvalue weighted by Crippen LogP contribution is -2.35. The molecule has 0 saturated heterocycles. The minimum atomic E-state index is -3.68. The lowest BCUT2D eigenvalue weighted by atomic mass is 10.3. The van der Waals surface area contributed by atoms with E-state index in [-0.39, 0.29) is 11.4 Å². The zero-order valence-electron chi connectivity index (χ0n) is 12.4. The number of carbonyl (C=O) groups excluding carboxylic acids is 1. The Balaban J connectivity index is 2.05. The molecule has 116 valence electrons. The highest BCUT2D eigenvalue weighted by atomic mass is 32.2. The maximum absolute atomic E-state index is 12.3. The number of anilines is 1. The number of nitrogens with zero attached hydrogens (tertiary/aromatic N) is 2. The summed E-state index contributed by atoms with van der Waals surface area (Å²) in [6.07, 6.45) is 1.58. The molecule has 2 rings (SSSR count). The van der Waals surface area contributed by atoms with E-state index in [4.69, 9.17) is 0 Å². The summed E-state index contributed by atoms with van der Waals surface area (Å²) in [4.78, 5) is 16.1. The SMILES string of the molecule is Cc1ccnc(NC(=O)CN(C)S(=O)(=O)c2ccccc2)c1. The van der Waals surface area contributed by atoms with Gasteiger partial charge in [-0.15, -0.1) is 0 Å². The number of aromatic nitrogens is 1. The zero-order valence-corrected chi connectivity index (χ0v) is 13.2. The van der Waals surface area contributed by atoms with Crippen molar-refractivity contribution in [2.45, 2.75) is 11.8 Å². The van der Waals surface area contributed by atoms with Gasteiger partial charge in [0, 0.05) is 13.2 Å². The van der Waals surface area contributed by atoms with Crippen LogP contribution in [0.4, 0.5) is 5.82 Å². The zero-order chi connectivity index (χ0) is 16.2. The van der Waals surface area contributed by atoms with Gasteiger partial charge in [-0.05, 0) is 36.8 Å². The molecule has 0 fully saturated rings. The molecule has 0 aliphatic rings. The lowest BCUT2D eigenvalue weighted by Gasteiger charge is -2.16. The summed E-state index contributed by atoms with van der Waals surface area (Å²) < 4.78 is 25.6. The van der Waals surface area contributed by atoms with Crippen LogP contribution in [0, 0.1) is 6.92 Å². The molecule has 0 bridgehead atoms. The maximum atomic E-state index is 12.3. The van der Waals surface area contributed by atoms with Crippen molar-refractivity contribution in [2.75, 3.05) is 18.9 Å². The Labute approximate surface area is 129 Å². The van der Waals surface area contributed by atoms with Crippen LogP contribution in [-0.4, -0.2) is 37.2 Å². The first kappa shape index (κ1) is 16.1. The summed E-state index contributed by atoms with van der Waals surface area (Å²) in [5.41, 5.74) is 0.954. The first-order valence-corrected chi connectivity index (χ1v) is 8.07. The predicted octanol–water partition coefficient (Wildman–Crippen LogP) is 1.65. The number of hydrogen-bond acceptors (Lipinski definition) is 4. The standard InChI is InChI=1S/C15H17N3O3S/c1-12-8-9-16-14(10-12)17-15(19)11-18(2)22(20,21)13-6-4-3-5-7-13/h3-10H,11H2,1-2H3,(H,16,17,19). The first-order valence-electron chi connectivity index (χ1n) is 6.63. The van der Waals surface area contributed by atoms with Gasteiger partial charge in [0.1, 0.15) is 5.82 Å². The molecule has 7 heteroatoms. The summed E-state index contributed by atoms with van der Waals surface area (Å²) in [6.45, 7) is 1.59. The van der Waals surface area contributed by atoms with E-state index in [1.165, 1.54) is 19.2 Å². The van der Waals surface area contributed by atoms with Gasteiger partial charge >= 0.3 is 0 Å². The second kappa shape index (κ2) is 6.67. The van der Waals surface area contributed by atoms with Crippen molar-refractivity contribution in [3.05, 3.63) is 54.2 Å². The predicted molar refractivity (Wildman–Crippen MR) is 83.9 cm³/mol. The molecule has 2 aromatic rings. The topological polar surface area (TPSA) is 79.4 Å². The third-order valence-corrected chi connectivity index (χ3v) is 4.82. The highest BCUT2D eigenvalue weighted by molar-refractivity contribution is 7.89. The molecular weight excluding hydrogens is 302 g/mol. The fourth-order valence-electron chi connectivity index (χ4n) is 1.85. The molecule has 1 N–H and O–H groups in total. The van der Waals surface area contributed by atoms with Crippen LogP contribution in [0.15, 0.2) is 53.6 Å². The van der Waals surface area contributed by atoms with Crippen LogP contribution in [0.2, 0.25) is 0 Å². The van der Waals surface area contributed by atoms with Crippen molar-refractivity contribution in [1.82, 2.24) is 9.29 Å². The number of aryl methyl sites for hydroxylation is 1. The summed E-state index contributed by atoms with van der Waals surface area (Å²) in [5.74, 6) is -0.0457. The molecule has 1 aromatic heterocycles. The number of nitrogens with one attached hydrogen (secondary N) is 1. The number of hydrogen-bond donors (Lipinski definition) is 1. The van der Waals surface area contributed by atoms with Crippen molar-refractivity contribution < 1.29 is 13.2 Å². The number of rotatable bonds is 5.